The third-order valence-corrected chi connectivity index (χ3v) is 3.96. The fraction of sp³-hybridized carbons (Fsp3) is 0.133. The van der Waals surface area contributed by atoms with Gasteiger partial charge in [0.05, 0.1) is 6.54 Å². The molecule has 2 aromatic carbocycles. The van der Waals surface area contributed by atoms with Crippen molar-refractivity contribution in [1.29, 1.82) is 0 Å². The average molecular weight is 353 g/mol. The van der Waals surface area contributed by atoms with Gasteiger partial charge < -0.3 is 10.7 Å². The van der Waals surface area contributed by atoms with Crippen LogP contribution in [0.3, 0.4) is 0 Å². The maximum atomic E-state index is 14.1. The number of hydrogen-bond acceptors (Lipinski definition) is 2. The zero-order valence-corrected chi connectivity index (χ0v) is 12.4. The second kappa shape index (κ2) is 4.89. The summed E-state index contributed by atoms with van der Waals surface area (Å²) in [6.07, 6.45) is 1.54. The topological polar surface area (TPSA) is 58.9 Å². The lowest BCUT2D eigenvalue weighted by molar-refractivity contribution is 0.00765. The molecule has 0 fully saturated rings. The average Bonchev–Trinajstić information content (AvgIpc) is 2.45. The van der Waals surface area contributed by atoms with Crippen LogP contribution in [0.1, 0.15) is 5.56 Å². The van der Waals surface area contributed by atoms with Gasteiger partial charge in [0.2, 0.25) is 5.56 Å². The van der Waals surface area contributed by atoms with Gasteiger partial charge in [0.25, 0.3) is 5.92 Å². The minimum absolute atomic E-state index is 0.161. The first-order valence-electron chi connectivity index (χ1n) is 6.25. The number of aromatic nitrogens is 1. The zero-order valence-electron chi connectivity index (χ0n) is 10.8. The predicted molar refractivity (Wildman–Crippen MR) is 82.7 cm³/mol. The van der Waals surface area contributed by atoms with Crippen molar-refractivity contribution in [2.75, 3.05) is 6.54 Å². The molecule has 3 rings (SSSR count). The Morgan fingerprint density at radius 2 is 1.90 bits per heavy atom. The summed E-state index contributed by atoms with van der Waals surface area (Å²) in [6.45, 7) is -0.785. The van der Waals surface area contributed by atoms with E-state index in [4.69, 9.17) is 5.73 Å². The van der Waals surface area contributed by atoms with Gasteiger partial charge in [0.1, 0.15) is 0 Å². The molecule has 0 radical (unpaired) electrons. The van der Waals surface area contributed by atoms with Crippen LogP contribution >= 0.6 is 15.9 Å². The molecule has 6 heteroatoms. The van der Waals surface area contributed by atoms with Crippen LogP contribution < -0.4 is 11.3 Å². The van der Waals surface area contributed by atoms with Crippen LogP contribution in [0.4, 0.5) is 8.78 Å². The van der Waals surface area contributed by atoms with Crippen LogP contribution in [0.25, 0.3) is 21.5 Å². The summed E-state index contributed by atoms with van der Waals surface area (Å²) in [5.41, 5.74) is 4.71. The number of rotatable bonds is 2. The number of aromatic amines is 1. The molecule has 21 heavy (non-hydrogen) atoms. The number of nitrogens with two attached hydrogens (primary N) is 1. The fourth-order valence-corrected chi connectivity index (χ4v) is 2.82. The number of pyridine rings is 1. The number of benzene rings is 2. The number of nitrogens with one attached hydrogen (secondary N) is 1. The molecule has 0 atom stereocenters. The molecule has 0 aliphatic carbocycles. The maximum absolute atomic E-state index is 14.1. The lowest BCUT2D eigenvalue weighted by Crippen LogP contribution is -2.25. The quantitative estimate of drug-likeness (QED) is 0.693. The lowest BCUT2D eigenvalue weighted by Gasteiger charge is -2.18. The molecule has 1 heterocycles. The molecule has 3 aromatic rings. The summed E-state index contributed by atoms with van der Waals surface area (Å²) in [5.74, 6) is -3.15. The van der Waals surface area contributed by atoms with E-state index < -0.39 is 12.5 Å². The van der Waals surface area contributed by atoms with Crippen molar-refractivity contribution in [2.24, 2.45) is 5.73 Å². The summed E-state index contributed by atoms with van der Waals surface area (Å²) >= 11 is 3.34. The Morgan fingerprint density at radius 1 is 1.14 bits per heavy atom. The number of halogens is 3. The van der Waals surface area contributed by atoms with Crippen molar-refractivity contribution >= 4 is 37.5 Å². The van der Waals surface area contributed by atoms with Crippen LogP contribution in [0.15, 0.2) is 45.8 Å². The van der Waals surface area contributed by atoms with Gasteiger partial charge in [-0.2, -0.15) is 8.78 Å². The normalized spacial score (nSPS) is 12.2. The molecule has 3 N–H and O–H groups in total. The summed E-state index contributed by atoms with van der Waals surface area (Å²) in [4.78, 5) is 14.0. The van der Waals surface area contributed by atoms with Crippen molar-refractivity contribution in [3.8, 4) is 0 Å². The van der Waals surface area contributed by atoms with E-state index in [-0.39, 0.29) is 11.1 Å². The fourth-order valence-electron chi connectivity index (χ4n) is 2.46. The first kappa shape index (κ1) is 14.2. The number of H-pyrrole nitrogens is 1. The molecule has 3 nitrogen and oxygen atoms in total. The monoisotopic (exact) mass is 352 g/mol. The van der Waals surface area contributed by atoms with Gasteiger partial charge in [-0.25, -0.2) is 0 Å². The van der Waals surface area contributed by atoms with Crippen LogP contribution in [-0.4, -0.2) is 11.5 Å². The first-order valence-corrected chi connectivity index (χ1v) is 7.05. The third-order valence-electron chi connectivity index (χ3n) is 3.47. The van der Waals surface area contributed by atoms with E-state index >= 15 is 0 Å². The molecule has 0 unspecified atom stereocenters. The largest absolute Gasteiger partial charge is 0.328 e. The standard InChI is InChI=1S/C15H11BrF2N2O/c16-9-1-2-10-11(5-9)12-6-20-14(21)4-8(12)3-13(10)15(17,18)7-19/h1-6H,7,19H2,(H,20,21). The van der Waals surface area contributed by atoms with E-state index in [1.54, 1.807) is 18.2 Å². The summed E-state index contributed by atoms with van der Waals surface area (Å²) in [6, 6.07) is 7.74. The molecular weight excluding hydrogens is 342 g/mol. The highest BCUT2D eigenvalue weighted by Gasteiger charge is 2.32. The smallest absolute Gasteiger partial charge is 0.285 e. The molecule has 0 aliphatic heterocycles. The number of hydrogen-bond donors (Lipinski definition) is 2. The Kier molecular flexibility index (Phi) is 3.30. The molecule has 0 saturated carbocycles. The van der Waals surface area contributed by atoms with Gasteiger partial charge in [-0.3, -0.25) is 4.79 Å². The van der Waals surface area contributed by atoms with E-state index in [0.717, 1.165) is 4.47 Å². The predicted octanol–water partition coefficient (Wildman–Crippen LogP) is 3.49. The SMILES string of the molecule is NCC(F)(F)c1cc2cc(=O)[nH]cc2c2cc(Br)ccc12. The lowest BCUT2D eigenvalue weighted by atomic mass is 9.95. The Hall–Kier alpha value is -1.79. The van der Waals surface area contributed by atoms with E-state index in [1.165, 1.54) is 18.3 Å². The molecule has 108 valence electrons. The Labute approximate surface area is 126 Å². The molecule has 0 bridgehead atoms. The van der Waals surface area contributed by atoms with Gasteiger partial charge in [0.15, 0.2) is 0 Å². The maximum Gasteiger partial charge on any atom is 0.285 e. The Bertz CT molecular complexity index is 905. The minimum atomic E-state index is -3.15. The van der Waals surface area contributed by atoms with Crippen LogP contribution in [0, 0.1) is 0 Å². The summed E-state index contributed by atoms with van der Waals surface area (Å²) in [7, 11) is 0. The first-order chi connectivity index (χ1) is 9.92. The van der Waals surface area contributed by atoms with Gasteiger partial charge in [0, 0.05) is 27.7 Å². The Morgan fingerprint density at radius 3 is 2.62 bits per heavy atom. The zero-order chi connectivity index (χ0) is 15.2. The highest BCUT2D eigenvalue weighted by Crippen LogP contribution is 2.37. The third kappa shape index (κ3) is 2.34. The van der Waals surface area contributed by atoms with Gasteiger partial charge >= 0.3 is 0 Å². The molecule has 0 aliphatic rings. The molecule has 1 aromatic heterocycles. The molecular formula is C15H11BrF2N2O. The van der Waals surface area contributed by atoms with Gasteiger partial charge in [-0.05, 0) is 34.4 Å². The van der Waals surface area contributed by atoms with E-state index in [1.807, 2.05) is 0 Å². The van der Waals surface area contributed by atoms with E-state index in [0.29, 0.717) is 21.5 Å². The second-order valence-electron chi connectivity index (χ2n) is 4.82. The Balaban J connectivity index is 2.54. The van der Waals surface area contributed by atoms with E-state index in [9.17, 15) is 13.6 Å². The summed E-state index contributed by atoms with van der Waals surface area (Å²) in [5, 5.41) is 2.24. The van der Waals surface area contributed by atoms with Crippen molar-refractivity contribution in [3.63, 3.8) is 0 Å². The molecule has 0 amide bonds. The van der Waals surface area contributed by atoms with Crippen LogP contribution in [0.5, 0.6) is 0 Å². The molecule has 0 saturated heterocycles. The van der Waals surface area contributed by atoms with Gasteiger partial charge in [-0.15, -0.1) is 0 Å². The van der Waals surface area contributed by atoms with Crippen molar-refractivity contribution in [2.45, 2.75) is 5.92 Å². The minimum Gasteiger partial charge on any atom is -0.328 e. The van der Waals surface area contributed by atoms with Gasteiger partial charge in [-0.1, -0.05) is 22.0 Å². The highest BCUT2D eigenvalue weighted by molar-refractivity contribution is 9.10. The van der Waals surface area contributed by atoms with Crippen molar-refractivity contribution < 1.29 is 8.78 Å². The summed E-state index contributed by atoms with van der Waals surface area (Å²) < 4.78 is 29.0. The van der Waals surface area contributed by atoms with Crippen LogP contribution in [-0.2, 0) is 5.92 Å². The number of alkyl halides is 2. The highest BCUT2D eigenvalue weighted by atomic mass is 79.9. The van der Waals surface area contributed by atoms with E-state index in [2.05, 4.69) is 20.9 Å². The second-order valence-corrected chi connectivity index (χ2v) is 5.74. The van der Waals surface area contributed by atoms with Crippen molar-refractivity contribution in [3.05, 3.63) is 56.9 Å². The number of fused-ring (bicyclic) bond motifs is 3. The van der Waals surface area contributed by atoms with Crippen molar-refractivity contribution in [1.82, 2.24) is 4.98 Å². The van der Waals surface area contributed by atoms with Crippen LogP contribution in [0.2, 0.25) is 0 Å². The molecule has 0 spiro atoms.